The highest BCUT2D eigenvalue weighted by molar-refractivity contribution is 6.13. The molecule has 0 unspecified atom stereocenters. The number of nitrogens with two attached hydrogens (primary N) is 1. The van der Waals surface area contributed by atoms with Crippen LogP contribution in [0.4, 0.5) is 10.1 Å². The average Bonchev–Trinajstić information content (AvgIpc) is 2.82. The van der Waals surface area contributed by atoms with E-state index in [2.05, 4.69) is 17.3 Å². The van der Waals surface area contributed by atoms with Crippen LogP contribution >= 0.6 is 0 Å². The quantitative estimate of drug-likeness (QED) is 0.286. The number of halogens is 1. The van der Waals surface area contributed by atoms with Gasteiger partial charge in [-0.3, -0.25) is 10.2 Å². The number of benzene rings is 3. The van der Waals surface area contributed by atoms with Crippen molar-refractivity contribution in [1.82, 2.24) is 10.2 Å². The molecule has 3 aromatic carbocycles. The lowest BCUT2D eigenvalue weighted by atomic mass is 10.1. The molecule has 1 saturated heterocycles. The van der Waals surface area contributed by atoms with Gasteiger partial charge in [0, 0.05) is 36.0 Å². The summed E-state index contributed by atoms with van der Waals surface area (Å²) in [6.45, 7) is 2.01. The fourth-order valence-corrected chi connectivity index (χ4v) is 3.72. The summed E-state index contributed by atoms with van der Waals surface area (Å²) in [4.78, 5) is 14.9. The highest BCUT2D eigenvalue weighted by Crippen LogP contribution is 2.27. The van der Waals surface area contributed by atoms with Crippen molar-refractivity contribution >= 4 is 17.4 Å². The third-order valence-electron chi connectivity index (χ3n) is 5.68. The Balaban J connectivity index is 1.35. The van der Waals surface area contributed by atoms with Gasteiger partial charge in [0.1, 0.15) is 23.4 Å². The number of carbonyl (C=O) groups excluding carboxylic acids is 1. The number of hydrogen-bond acceptors (Lipinski definition) is 6. The number of amides is 1. The molecule has 0 radical (unpaired) electrons. The van der Waals surface area contributed by atoms with Crippen molar-refractivity contribution in [3.63, 3.8) is 0 Å². The van der Waals surface area contributed by atoms with Crippen LogP contribution in [-0.4, -0.2) is 42.9 Å². The largest absolute Gasteiger partial charge is 0.490 e. The molecule has 4 N–H and O–H groups in total. The van der Waals surface area contributed by atoms with Crippen molar-refractivity contribution in [2.45, 2.75) is 18.9 Å². The standard InChI is InChI=1S/C26H27FN4O3/c1-31-14-12-19(13-15-31)33-18-8-6-17(7-9-18)26(32)30-25(29)21-11-10-20(16-23(21)28)34-24-5-3-2-4-22(24)27/h2-11,16,19H,12-15,28H2,1H3,(H2,29,30,32). The van der Waals surface area contributed by atoms with Gasteiger partial charge in [0.15, 0.2) is 11.6 Å². The summed E-state index contributed by atoms with van der Waals surface area (Å²) in [6, 6.07) is 17.5. The molecule has 0 saturated carbocycles. The molecular formula is C26H27FN4O3. The van der Waals surface area contributed by atoms with Gasteiger partial charge in [-0.05, 0) is 68.4 Å². The molecule has 1 fully saturated rings. The molecule has 176 valence electrons. The van der Waals surface area contributed by atoms with Gasteiger partial charge in [0.25, 0.3) is 5.91 Å². The summed E-state index contributed by atoms with van der Waals surface area (Å²) < 4.78 is 25.3. The Labute approximate surface area is 197 Å². The third kappa shape index (κ3) is 5.71. The van der Waals surface area contributed by atoms with Crippen LogP contribution < -0.4 is 20.5 Å². The van der Waals surface area contributed by atoms with Gasteiger partial charge in [0.05, 0.1) is 0 Å². The number of nitrogens with one attached hydrogen (secondary N) is 2. The van der Waals surface area contributed by atoms with E-state index in [-0.39, 0.29) is 23.4 Å². The first-order valence-electron chi connectivity index (χ1n) is 11.1. The van der Waals surface area contributed by atoms with E-state index in [1.54, 1.807) is 48.5 Å². The lowest BCUT2D eigenvalue weighted by Crippen LogP contribution is -2.35. The molecule has 34 heavy (non-hydrogen) atoms. The molecule has 1 amide bonds. The van der Waals surface area contributed by atoms with Gasteiger partial charge >= 0.3 is 0 Å². The number of ether oxygens (including phenoxy) is 2. The lowest BCUT2D eigenvalue weighted by molar-refractivity contribution is 0.0976. The van der Waals surface area contributed by atoms with Crippen LogP contribution in [0.25, 0.3) is 0 Å². The van der Waals surface area contributed by atoms with Crippen molar-refractivity contribution in [1.29, 1.82) is 5.41 Å². The molecule has 0 spiro atoms. The number of hydrogen-bond donors (Lipinski definition) is 3. The Kier molecular flexibility index (Phi) is 7.08. The summed E-state index contributed by atoms with van der Waals surface area (Å²) in [5.41, 5.74) is 7.01. The van der Waals surface area contributed by atoms with E-state index >= 15 is 0 Å². The second kappa shape index (κ2) is 10.4. The molecule has 3 aromatic rings. The maximum absolute atomic E-state index is 13.8. The highest BCUT2D eigenvalue weighted by Gasteiger charge is 2.18. The zero-order chi connectivity index (χ0) is 24.1. The Hall–Kier alpha value is -3.91. The van der Waals surface area contributed by atoms with E-state index in [1.165, 1.54) is 18.2 Å². The van der Waals surface area contributed by atoms with E-state index in [9.17, 15) is 9.18 Å². The second-order valence-corrected chi connectivity index (χ2v) is 8.26. The Bertz CT molecular complexity index is 1170. The number of nitrogens with zero attached hydrogens (tertiary/aromatic N) is 1. The zero-order valence-corrected chi connectivity index (χ0v) is 18.9. The van der Waals surface area contributed by atoms with Crippen LogP contribution in [0.3, 0.4) is 0 Å². The topological polar surface area (TPSA) is 101 Å². The summed E-state index contributed by atoms with van der Waals surface area (Å²) in [5.74, 6) is 0.0456. The van der Waals surface area contributed by atoms with Gasteiger partial charge in [-0.25, -0.2) is 4.39 Å². The molecule has 0 aromatic heterocycles. The fraction of sp³-hybridized carbons (Fsp3) is 0.231. The first kappa shape index (κ1) is 23.3. The predicted molar refractivity (Wildman–Crippen MR) is 129 cm³/mol. The van der Waals surface area contributed by atoms with Crippen LogP contribution in [-0.2, 0) is 0 Å². The summed E-state index contributed by atoms with van der Waals surface area (Å²) in [6.07, 6.45) is 2.13. The Morgan fingerprint density at radius 1 is 1.06 bits per heavy atom. The number of para-hydroxylation sites is 1. The molecular weight excluding hydrogens is 435 g/mol. The van der Waals surface area contributed by atoms with Gasteiger partial charge in [0.2, 0.25) is 0 Å². The van der Waals surface area contributed by atoms with Crippen LogP contribution in [0, 0.1) is 11.2 Å². The molecule has 1 aliphatic heterocycles. The van der Waals surface area contributed by atoms with Crippen molar-refractivity contribution < 1.29 is 18.7 Å². The lowest BCUT2D eigenvalue weighted by Gasteiger charge is -2.29. The molecule has 0 aliphatic carbocycles. The van der Waals surface area contributed by atoms with Gasteiger partial charge in [-0.1, -0.05) is 12.1 Å². The van der Waals surface area contributed by atoms with Gasteiger partial charge in [-0.15, -0.1) is 0 Å². The van der Waals surface area contributed by atoms with E-state index in [1.807, 2.05) is 0 Å². The zero-order valence-electron chi connectivity index (χ0n) is 18.9. The highest BCUT2D eigenvalue weighted by atomic mass is 19.1. The number of amidine groups is 1. The third-order valence-corrected chi connectivity index (χ3v) is 5.68. The Morgan fingerprint density at radius 3 is 2.41 bits per heavy atom. The molecule has 4 rings (SSSR count). The monoisotopic (exact) mass is 462 g/mol. The average molecular weight is 463 g/mol. The van der Waals surface area contributed by atoms with Gasteiger partial charge in [-0.2, -0.15) is 0 Å². The molecule has 0 atom stereocenters. The van der Waals surface area contributed by atoms with Crippen LogP contribution in [0.15, 0.2) is 66.7 Å². The minimum atomic E-state index is -0.493. The predicted octanol–water partition coefficient (Wildman–Crippen LogP) is 4.43. The molecule has 7 nitrogen and oxygen atoms in total. The second-order valence-electron chi connectivity index (χ2n) is 8.26. The van der Waals surface area contributed by atoms with Gasteiger partial charge < -0.3 is 25.4 Å². The number of nitrogen functional groups attached to an aromatic ring is 1. The Morgan fingerprint density at radius 2 is 1.74 bits per heavy atom. The number of carbonyl (C=O) groups is 1. The summed E-state index contributed by atoms with van der Waals surface area (Å²) in [7, 11) is 2.10. The minimum absolute atomic E-state index is 0.0706. The smallest absolute Gasteiger partial charge is 0.256 e. The molecule has 1 aliphatic rings. The first-order valence-corrected chi connectivity index (χ1v) is 11.1. The normalized spacial score (nSPS) is 14.4. The van der Waals surface area contributed by atoms with E-state index < -0.39 is 11.7 Å². The van der Waals surface area contributed by atoms with Crippen LogP contribution in [0.5, 0.6) is 17.2 Å². The fourth-order valence-electron chi connectivity index (χ4n) is 3.72. The number of piperidine rings is 1. The number of anilines is 1. The van der Waals surface area contributed by atoms with Crippen molar-refractivity contribution in [2.75, 3.05) is 25.9 Å². The maximum atomic E-state index is 13.8. The van der Waals surface area contributed by atoms with E-state index in [0.717, 1.165) is 31.7 Å². The molecule has 8 heteroatoms. The molecule has 0 bridgehead atoms. The van der Waals surface area contributed by atoms with Crippen molar-refractivity contribution in [2.24, 2.45) is 0 Å². The van der Waals surface area contributed by atoms with E-state index in [0.29, 0.717) is 16.9 Å². The van der Waals surface area contributed by atoms with Crippen molar-refractivity contribution in [3.8, 4) is 17.2 Å². The molecule has 1 heterocycles. The number of likely N-dealkylation sites (tertiary alicyclic amines) is 1. The van der Waals surface area contributed by atoms with Crippen molar-refractivity contribution in [3.05, 3.63) is 83.7 Å². The summed E-state index contributed by atoms with van der Waals surface area (Å²) in [5, 5.41) is 10.8. The first-order chi connectivity index (χ1) is 16.4. The summed E-state index contributed by atoms with van der Waals surface area (Å²) >= 11 is 0. The maximum Gasteiger partial charge on any atom is 0.256 e. The number of rotatable bonds is 6. The SMILES string of the molecule is CN1CCC(Oc2ccc(C(=O)NC(=N)c3ccc(Oc4ccccc4F)cc3N)cc2)CC1. The van der Waals surface area contributed by atoms with E-state index in [4.69, 9.17) is 20.6 Å². The van der Waals surface area contributed by atoms with Crippen LogP contribution in [0.2, 0.25) is 0 Å². The minimum Gasteiger partial charge on any atom is -0.490 e. The van der Waals surface area contributed by atoms with Crippen LogP contribution in [0.1, 0.15) is 28.8 Å².